The Morgan fingerprint density at radius 2 is 1.23 bits per heavy atom. The van der Waals surface area contributed by atoms with Crippen molar-refractivity contribution >= 4 is 82.5 Å². The standard InChI is InChI=1S/C32H43N15O24P4/c1-44-9-47(25-15(44)27(53)43-32(35)41-25)29-19(51)17(49)11(67-29)4-64-73(56,57)70-75(60,61)71-74(58,59)65-5-12-20(62-2)21(30(68-12)45-7-38-13-22(33)36-6-37-23(13)45)69-72(54,55)63-3-10-16(48)18(50)28(66-10)46-8-39-14-24(46)40-31(34)42-26(14)52/h6-12,16-21,28-30,48-51H,3-5H2,1-2H3,(H11-,33,34,35,36,37,40,41,42,43,52,53,54,55,56,57,58,59,60,61)/p+1/t10-,11-,12-,16-,17-,18-,19-,20-,21-,28-,29-,30-/m1/s1. The quantitative estimate of drug-likeness (QED) is 0.0268. The smallest absolute Gasteiger partial charge is 0.387 e. The Morgan fingerprint density at radius 3 is 1.89 bits per heavy atom. The van der Waals surface area contributed by atoms with Crippen molar-refractivity contribution in [1.82, 2.24) is 53.6 Å². The highest BCUT2D eigenvalue weighted by Crippen LogP contribution is 2.68. The number of aliphatic hydroxyl groups is 4. The summed E-state index contributed by atoms with van der Waals surface area (Å²) in [4.78, 5) is 95.5. The first-order valence-electron chi connectivity index (χ1n) is 21.2. The van der Waals surface area contributed by atoms with Crippen molar-refractivity contribution in [3.8, 4) is 0 Å². The molecule has 9 rings (SSSR count). The molecule has 0 radical (unpaired) electrons. The average molecular weight is 1150 g/mol. The number of nitrogens with two attached hydrogens (primary N) is 3. The van der Waals surface area contributed by atoms with E-state index in [2.05, 4.69) is 53.0 Å². The van der Waals surface area contributed by atoms with E-state index in [1.54, 1.807) is 0 Å². The van der Waals surface area contributed by atoms with Crippen molar-refractivity contribution < 1.29 is 108 Å². The second kappa shape index (κ2) is 20.3. The Bertz CT molecular complexity index is 3470. The maximum Gasteiger partial charge on any atom is 0.490 e. The molecule has 75 heavy (non-hydrogen) atoms. The van der Waals surface area contributed by atoms with Gasteiger partial charge >= 0.3 is 36.9 Å². The number of phosphoric acid groups is 4. The monoisotopic (exact) mass is 1150 g/mol. The number of aryl methyl sites for hydroxylation is 1. The molecule has 4 unspecified atom stereocenters. The summed E-state index contributed by atoms with van der Waals surface area (Å²) in [5.74, 6) is -0.737. The number of aromatic amines is 2. The normalized spacial score (nSPS) is 30.5. The Morgan fingerprint density at radius 1 is 0.667 bits per heavy atom. The molecule has 39 nitrogen and oxygen atoms in total. The fraction of sp³-hybridized carbons (Fsp3) is 0.531. The fourth-order valence-corrected chi connectivity index (χ4v) is 12.8. The van der Waals surface area contributed by atoms with E-state index in [0.717, 1.165) is 39.8 Å². The number of nitrogen functional groups attached to an aromatic ring is 3. The summed E-state index contributed by atoms with van der Waals surface area (Å²) in [6.07, 6.45) is -15.7. The number of ether oxygens (including phenoxy) is 4. The van der Waals surface area contributed by atoms with Crippen molar-refractivity contribution in [2.24, 2.45) is 7.05 Å². The summed E-state index contributed by atoms with van der Waals surface area (Å²) in [6, 6.07) is 0. The molecule has 410 valence electrons. The molecule has 0 amide bonds. The molecule has 9 heterocycles. The Balaban J connectivity index is 0.848. The molecule has 3 saturated heterocycles. The molecule has 3 fully saturated rings. The minimum Gasteiger partial charge on any atom is -0.387 e. The predicted molar refractivity (Wildman–Crippen MR) is 239 cm³/mol. The number of rotatable bonds is 19. The van der Waals surface area contributed by atoms with Crippen molar-refractivity contribution in [3.63, 3.8) is 0 Å². The van der Waals surface area contributed by atoms with Crippen LogP contribution >= 0.6 is 31.3 Å². The van der Waals surface area contributed by atoms with Gasteiger partial charge in [0.1, 0.15) is 66.8 Å². The van der Waals surface area contributed by atoms with Gasteiger partial charge in [0.25, 0.3) is 17.1 Å². The second-order valence-corrected chi connectivity index (χ2v) is 22.5. The van der Waals surface area contributed by atoms with Crippen LogP contribution in [0.5, 0.6) is 0 Å². The zero-order valence-electron chi connectivity index (χ0n) is 38.0. The van der Waals surface area contributed by atoms with E-state index in [1.807, 2.05) is 0 Å². The number of phosphoric ester groups is 3. The molecule has 0 spiro atoms. The first-order chi connectivity index (χ1) is 35.2. The summed E-state index contributed by atoms with van der Waals surface area (Å²) in [5, 5.41) is 43.1. The molecule has 0 aromatic carbocycles. The first kappa shape index (κ1) is 54.6. The molecule has 6 aromatic heterocycles. The van der Waals surface area contributed by atoms with Crippen LogP contribution in [0.2, 0.25) is 0 Å². The Kier molecular flexibility index (Phi) is 14.8. The van der Waals surface area contributed by atoms with Crippen molar-refractivity contribution in [3.05, 3.63) is 46.0 Å². The summed E-state index contributed by atoms with van der Waals surface area (Å²) in [6.45, 7) is -3.26. The van der Waals surface area contributed by atoms with Gasteiger partial charge in [-0.15, -0.1) is 0 Å². The number of nitrogens with zero attached hydrogens (tertiary/aromatic N) is 10. The van der Waals surface area contributed by atoms with Crippen LogP contribution < -0.4 is 32.9 Å². The molecule has 43 heteroatoms. The fourth-order valence-electron chi connectivity index (χ4n) is 8.31. The topological polar surface area (TPSA) is 562 Å². The molecule has 0 aliphatic carbocycles. The van der Waals surface area contributed by atoms with E-state index in [-0.39, 0.29) is 51.2 Å². The summed E-state index contributed by atoms with van der Waals surface area (Å²) in [5.41, 5.74) is 15.4. The molecular weight excluding hydrogens is 1100 g/mol. The maximum absolute atomic E-state index is 13.7. The zero-order valence-corrected chi connectivity index (χ0v) is 41.5. The lowest BCUT2D eigenvalue weighted by Crippen LogP contribution is -2.46. The summed E-state index contributed by atoms with van der Waals surface area (Å²) >= 11 is 0. The van der Waals surface area contributed by atoms with Crippen LogP contribution in [-0.4, -0.2) is 175 Å². The largest absolute Gasteiger partial charge is 0.490 e. The molecule has 3 aliphatic rings. The lowest BCUT2D eigenvalue weighted by Gasteiger charge is -2.26. The van der Waals surface area contributed by atoms with Crippen LogP contribution in [0.4, 0.5) is 17.7 Å². The molecule has 6 aromatic rings. The number of imidazole rings is 3. The van der Waals surface area contributed by atoms with Crippen molar-refractivity contribution in [2.75, 3.05) is 44.1 Å². The van der Waals surface area contributed by atoms with Crippen molar-refractivity contribution in [2.45, 2.75) is 73.6 Å². The van der Waals surface area contributed by atoms with Crippen LogP contribution in [0, 0.1) is 0 Å². The second-order valence-electron chi connectivity index (χ2n) is 16.5. The minimum atomic E-state index is -6.16. The Labute approximate surface area is 414 Å². The van der Waals surface area contributed by atoms with Gasteiger partial charge < -0.3 is 76.1 Å². The highest BCUT2D eigenvalue weighted by atomic mass is 31.3. The summed E-state index contributed by atoms with van der Waals surface area (Å²) < 4.78 is 109. The lowest BCUT2D eigenvalue weighted by atomic mass is 10.1. The van der Waals surface area contributed by atoms with Gasteiger partial charge in [-0.3, -0.25) is 51.4 Å². The number of aromatic nitrogens is 12. The summed E-state index contributed by atoms with van der Waals surface area (Å²) in [7, 11) is -20.8. The molecule has 16 N–H and O–H groups in total. The average Bonchev–Trinajstić information content (AvgIpc) is 4.17. The van der Waals surface area contributed by atoms with Crippen molar-refractivity contribution in [1.29, 1.82) is 0 Å². The third-order valence-corrected chi connectivity index (χ3v) is 16.8. The number of hydrogen-bond acceptors (Lipinski definition) is 29. The maximum atomic E-state index is 13.7. The van der Waals surface area contributed by atoms with Crippen LogP contribution in [0.15, 0.2) is 34.9 Å². The van der Waals surface area contributed by atoms with Gasteiger partial charge in [0.2, 0.25) is 17.7 Å². The van der Waals surface area contributed by atoms with Gasteiger partial charge in [-0.2, -0.15) is 13.6 Å². The van der Waals surface area contributed by atoms with Gasteiger partial charge in [-0.25, -0.2) is 42.8 Å². The number of nitrogens with one attached hydrogen (secondary N) is 2. The van der Waals surface area contributed by atoms with E-state index >= 15 is 0 Å². The van der Waals surface area contributed by atoms with Crippen LogP contribution in [-0.2, 0) is 71.0 Å². The van der Waals surface area contributed by atoms with Crippen LogP contribution in [0.1, 0.15) is 18.7 Å². The number of H-pyrrole nitrogens is 2. The zero-order chi connectivity index (χ0) is 54.3. The minimum absolute atomic E-state index is 0.00118. The van der Waals surface area contributed by atoms with Gasteiger partial charge in [0.05, 0.1) is 39.5 Å². The number of methoxy groups -OCH3 is 1. The van der Waals surface area contributed by atoms with Gasteiger partial charge in [0, 0.05) is 7.11 Å². The van der Waals surface area contributed by atoms with E-state index in [1.165, 1.54) is 17.9 Å². The van der Waals surface area contributed by atoms with E-state index in [4.69, 9.17) is 49.7 Å². The number of hydrogen-bond donors (Lipinski definition) is 13. The molecule has 3 aliphatic heterocycles. The molecule has 16 atom stereocenters. The lowest BCUT2D eigenvalue weighted by molar-refractivity contribution is -0.745. The SMILES string of the molecule is CO[C@H]1[C@@H](OP(=O)(O)OC[C@H]2O[C@@H](n3cnc4c(=O)[nH]c(N)nc43)[C@H](O)[C@@H]2O)[C@H](n2cnc3c(N)ncnc32)O[C@@H]1COP(=O)(O)OP(=O)(O)OP(=O)(O)OC[C@H]1O[C@@H]([n+]2cn(C)c3c(=O)[nH]c(N)nc32)[C@H](O)[C@@H]1O. The molecule has 0 saturated carbocycles. The van der Waals surface area contributed by atoms with E-state index in [0.29, 0.717) is 0 Å². The number of anilines is 3. The van der Waals surface area contributed by atoms with Gasteiger partial charge in [0.15, 0.2) is 41.4 Å². The first-order valence-corrected chi connectivity index (χ1v) is 27.1. The van der Waals surface area contributed by atoms with Crippen LogP contribution in [0.25, 0.3) is 33.5 Å². The highest BCUT2D eigenvalue weighted by Gasteiger charge is 2.54. The van der Waals surface area contributed by atoms with Gasteiger partial charge in [-0.05, 0) is 0 Å². The third-order valence-electron chi connectivity index (χ3n) is 11.6. The van der Waals surface area contributed by atoms with Gasteiger partial charge in [-0.1, -0.05) is 4.98 Å². The third kappa shape index (κ3) is 10.9. The predicted octanol–water partition coefficient (Wildman–Crippen LogP) is -4.71. The molecule has 0 bridgehead atoms. The van der Waals surface area contributed by atoms with E-state index in [9.17, 15) is 67.8 Å². The van der Waals surface area contributed by atoms with E-state index < -0.39 is 136 Å². The number of aliphatic hydroxyl groups excluding tert-OH is 4. The highest BCUT2D eigenvalue weighted by molar-refractivity contribution is 7.66. The van der Waals surface area contributed by atoms with Crippen LogP contribution in [0.3, 0.4) is 0 Å². The molecular formula is C32H44N15O24P4+. The Hall–Kier alpha value is -5.15. The number of fused-ring (bicyclic) bond motifs is 3.